The zero-order valence-corrected chi connectivity index (χ0v) is 18.9. The molecule has 0 spiro atoms. The van der Waals surface area contributed by atoms with Crippen molar-refractivity contribution in [3.8, 4) is 0 Å². The Bertz CT molecular complexity index is 1070. The molecule has 1 atom stereocenters. The Hall–Kier alpha value is -1.94. The van der Waals surface area contributed by atoms with Crippen molar-refractivity contribution in [1.29, 1.82) is 0 Å². The van der Waals surface area contributed by atoms with E-state index in [9.17, 15) is 13.2 Å². The standard InChI is InChI=1S/C21H18ClIN2O3S/c22-16-6-10-18(11-7-16)24-21(26)20(14-15-4-2-1-3-5-15)25-29(27,28)19-12-8-17(23)9-13-19/h1-13,20,25H,14H2,(H,24,26)/t20-/m1/s1. The molecule has 150 valence electrons. The number of carbonyl (C=O) groups excluding carboxylic acids is 1. The second-order valence-corrected chi connectivity index (χ2v) is 9.71. The minimum atomic E-state index is -3.88. The molecule has 8 heteroatoms. The highest BCUT2D eigenvalue weighted by molar-refractivity contribution is 14.1. The topological polar surface area (TPSA) is 75.3 Å². The van der Waals surface area contributed by atoms with E-state index in [-0.39, 0.29) is 11.3 Å². The molecule has 3 aromatic rings. The van der Waals surface area contributed by atoms with Gasteiger partial charge in [0.05, 0.1) is 4.90 Å². The molecule has 3 rings (SSSR count). The van der Waals surface area contributed by atoms with Gasteiger partial charge >= 0.3 is 0 Å². The molecule has 0 bridgehead atoms. The molecule has 3 aromatic carbocycles. The van der Waals surface area contributed by atoms with Gasteiger partial charge in [0.2, 0.25) is 15.9 Å². The normalized spacial score (nSPS) is 12.3. The van der Waals surface area contributed by atoms with Crippen LogP contribution < -0.4 is 10.0 Å². The summed E-state index contributed by atoms with van der Waals surface area (Å²) in [6, 6.07) is 21.3. The zero-order valence-electron chi connectivity index (χ0n) is 15.2. The lowest BCUT2D eigenvalue weighted by Crippen LogP contribution is -2.45. The minimum Gasteiger partial charge on any atom is -0.325 e. The average molecular weight is 541 g/mol. The Balaban J connectivity index is 1.84. The molecule has 0 saturated heterocycles. The average Bonchev–Trinajstić information content (AvgIpc) is 2.70. The molecular formula is C21H18ClIN2O3S. The van der Waals surface area contributed by atoms with E-state index in [4.69, 9.17) is 11.6 Å². The highest BCUT2D eigenvalue weighted by Crippen LogP contribution is 2.16. The number of rotatable bonds is 7. The summed E-state index contributed by atoms with van der Waals surface area (Å²) in [4.78, 5) is 13.0. The largest absolute Gasteiger partial charge is 0.325 e. The van der Waals surface area contributed by atoms with Crippen molar-refractivity contribution in [2.24, 2.45) is 0 Å². The van der Waals surface area contributed by atoms with Crippen molar-refractivity contribution in [3.05, 3.63) is 93.0 Å². The van der Waals surface area contributed by atoms with Crippen molar-refractivity contribution in [3.63, 3.8) is 0 Å². The van der Waals surface area contributed by atoms with Gasteiger partial charge in [-0.15, -0.1) is 0 Å². The van der Waals surface area contributed by atoms with Crippen LogP contribution in [0.4, 0.5) is 5.69 Å². The van der Waals surface area contributed by atoms with E-state index in [0.29, 0.717) is 10.7 Å². The molecule has 0 saturated carbocycles. The summed E-state index contributed by atoms with van der Waals surface area (Å²) in [5, 5.41) is 3.29. The van der Waals surface area contributed by atoms with Gasteiger partial charge in [-0.2, -0.15) is 4.72 Å². The maximum absolute atomic E-state index is 12.9. The lowest BCUT2D eigenvalue weighted by atomic mass is 10.1. The van der Waals surface area contributed by atoms with E-state index in [1.54, 1.807) is 36.4 Å². The smallest absolute Gasteiger partial charge is 0.242 e. The number of anilines is 1. The van der Waals surface area contributed by atoms with E-state index >= 15 is 0 Å². The van der Waals surface area contributed by atoms with Crippen LogP contribution in [-0.2, 0) is 21.2 Å². The molecule has 0 aliphatic rings. The summed E-state index contributed by atoms with van der Waals surface area (Å²) < 4.78 is 29.1. The van der Waals surface area contributed by atoms with Gasteiger partial charge in [0.1, 0.15) is 6.04 Å². The van der Waals surface area contributed by atoms with Crippen LogP contribution in [0, 0.1) is 3.57 Å². The molecule has 0 heterocycles. The van der Waals surface area contributed by atoms with Crippen molar-refractivity contribution >= 4 is 55.8 Å². The molecule has 29 heavy (non-hydrogen) atoms. The predicted octanol–water partition coefficient (Wildman–Crippen LogP) is 4.47. The Morgan fingerprint density at radius 1 is 0.931 bits per heavy atom. The molecule has 0 aromatic heterocycles. The van der Waals surface area contributed by atoms with Crippen LogP contribution >= 0.6 is 34.2 Å². The van der Waals surface area contributed by atoms with E-state index in [1.165, 1.54) is 12.1 Å². The number of amides is 1. The van der Waals surface area contributed by atoms with Gasteiger partial charge in [-0.3, -0.25) is 4.79 Å². The van der Waals surface area contributed by atoms with Gasteiger partial charge in [0, 0.05) is 14.3 Å². The molecule has 1 amide bonds. The number of benzene rings is 3. The summed E-state index contributed by atoms with van der Waals surface area (Å²) in [5.41, 5.74) is 1.37. The highest BCUT2D eigenvalue weighted by atomic mass is 127. The first-order valence-corrected chi connectivity index (χ1v) is 11.7. The van der Waals surface area contributed by atoms with Gasteiger partial charge in [-0.05, 0) is 83.1 Å². The first-order chi connectivity index (χ1) is 13.8. The zero-order chi connectivity index (χ0) is 20.9. The maximum atomic E-state index is 12.9. The monoisotopic (exact) mass is 540 g/mol. The Morgan fingerprint density at radius 2 is 1.55 bits per heavy atom. The Kier molecular flexibility index (Phi) is 7.28. The Labute approximate surface area is 188 Å². The van der Waals surface area contributed by atoms with Gasteiger partial charge < -0.3 is 5.32 Å². The minimum absolute atomic E-state index is 0.107. The number of carbonyl (C=O) groups is 1. The predicted molar refractivity (Wildman–Crippen MR) is 123 cm³/mol. The van der Waals surface area contributed by atoms with Crippen molar-refractivity contribution in [2.45, 2.75) is 17.4 Å². The third kappa shape index (κ3) is 6.27. The van der Waals surface area contributed by atoms with Crippen LogP contribution in [-0.4, -0.2) is 20.4 Å². The summed E-state index contributed by atoms with van der Waals surface area (Å²) in [6.07, 6.45) is 0.212. The second kappa shape index (κ2) is 9.71. The number of sulfonamides is 1. The quantitative estimate of drug-likeness (QED) is 0.434. The molecule has 0 fully saturated rings. The Morgan fingerprint density at radius 3 is 2.17 bits per heavy atom. The summed E-state index contributed by atoms with van der Waals surface area (Å²) in [6.45, 7) is 0. The first-order valence-electron chi connectivity index (χ1n) is 8.72. The number of hydrogen-bond acceptors (Lipinski definition) is 3. The van der Waals surface area contributed by atoms with Crippen LogP contribution in [0.2, 0.25) is 5.02 Å². The van der Waals surface area contributed by atoms with Gasteiger partial charge in [0.25, 0.3) is 0 Å². The lowest BCUT2D eigenvalue weighted by Gasteiger charge is -2.19. The van der Waals surface area contributed by atoms with Gasteiger partial charge in [0.15, 0.2) is 0 Å². The number of hydrogen-bond donors (Lipinski definition) is 2. The van der Waals surface area contributed by atoms with Crippen LogP contribution in [0.5, 0.6) is 0 Å². The molecular weight excluding hydrogens is 523 g/mol. The van der Waals surface area contributed by atoms with Crippen LogP contribution in [0.15, 0.2) is 83.8 Å². The third-order valence-corrected chi connectivity index (χ3v) is 6.59. The summed E-state index contributed by atoms with van der Waals surface area (Å²) in [7, 11) is -3.88. The summed E-state index contributed by atoms with van der Waals surface area (Å²) >= 11 is 7.98. The molecule has 0 radical (unpaired) electrons. The highest BCUT2D eigenvalue weighted by Gasteiger charge is 2.26. The van der Waals surface area contributed by atoms with Gasteiger partial charge in [-0.1, -0.05) is 41.9 Å². The van der Waals surface area contributed by atoms with E-state index in [0.717, 1.165) is 9.13 Å². The summed E-state index contributed by atoms with van der Waals surface area (Å²) in [5.74, 6) is -0.453. The van der Waals surface area contributed by atoms with Crippen molar-refractivity contribution < 1.29 is 13.2 Å². The molecule has 5 nitrogen and oxygen atoms in total. The molecule has 0 aliphatic heterocycles. The van der Waals surface area contributed by atoms with E-state index in [1.807, 2.05) is 30.3 Å². The number of halogens is 2. The van der Waals surface area contributed by atoms with Gasteiger partial charge in [-0.25, -0.2) is 8.42 Å². The fraction of sp³-hybridized carbons (Fsp3) is 0.0952. The molecule has 0 unspecified atom stereocenters. The SMILES string of the molecule is O=C(Nc1ccc(Cl)cc1)[C@@H](Cc1ccccc1)NS(=O)(=O)c1ccc(I)cc1. The van der Waals surface area contributed by atoms with Crippen LogP contribution in [0.1, 0.15) is 5.56 Å². The third-order valence-electron chi connectivity index (χ3n) is 4.13. The molecule has 2 N–H and O–H groups in total. The molecule has 0 aliphatic carbocycles. The second-order valence-electron chi connectivity index (χ2n) is 6.31. The van der Waals surface area contributed by atoms with Crippen LogP contribution in [0.3, 0.4) is 0 Å². The fourth-order valence-electron chi connectivity index (χ4n) is 2.67. The number of nitrogens with one attached hydrogen (secondary N) is 2. The maximum Gasteiger partial charge on any atom is 0.242 e. The fourth-order valence-corrected chi connectivity index (χ4v) is 4.35. The first kappa shape index (κ1) is 21.8. The van der Waals surface area contributed by atoms with Crippen molar-refractivity contribution in [2.75, 3.05) is 5.32 Å². The van der Waals surface area contributed by atoms with Crippen LogP contribution in [0.25, 0.3) is 0 Å². The van der Waals surface area contributed by atoms with E-state index in [2.05, 4.69) is 32.6 Å². The van der Waals surface area contributed by atoms with E-state index < -0.39 is 22.0 Å². The lowest BCUT2D eigenvalue weighted by molar-refractivity contribution is -0.117. The van der Waals surface area contributed by atoms with Crippen molar-refractivity contribution in [1.82, 2.24) is 4.72 Å².